The summed E-state index contributed by atoms with van der Waals surface area (Å²) in [5.41, 5.74) is 2.12. The van der Waals surface area contributed by atoms with Gasteiger partial charge in [0.2, 0.25) is 11.6 Å². The molecule has 2 aromatic heterocycles. The van der Waals surface area contributed by atoms with Crippen molar-refractivity contribution in [3.05, 3.63) is 40.3 Å². The molecule has 1 amide bonds. The summed E-state index contributed by atoms with van der Waals surface area (Å²) in [6, 6.07) is 7.02. The van der Waals surface area contributed by atoms with E-state index in [1.807, 2.05) is 0 Å². The topological polar surface area (TPSA) is 118 Å². The van der Waals surface area contributed by atoms with Crippen molar-refractivity contribution < 1.29 is 33.4 Å². The number of carbonyl (C=O) groups excluding carboxylic acids is 2. The predicted molar refractivity (Wildman–Crippen MR) is 125 cm³/mol. The number of amides is 1. The Labute approximate surface area is 205 Å². The van der Waals surface area contributed by atoms with Crippen molar-refractivity contribution in [3.8, 4) is 17.4 Å². The summed E-state index contributed by atoms with van der Waals surface area (Å²) < 4.78 is 16.4. The monoisotopic (exact) mass is 503 g/mol. The van der Waals surface area contributed by atoms with Gasteiger partial charge in [-0.1, -0.05) is 18.2 Å². The van der Waals surface area contributed by atoms with Crippen LogP contribution in [0, 0.1) is 0 Å². The van der Waals surface area contributed by atoms with E-state index in [0.717, 1.165) is 42.5 Å². The first-order valence-corrected chi connectivity index (χ1v) is 12.7. The maximum Gasteiger partial charge on any atom is 0.341 e. The van der Waals surface area contributed by atoms with Gasteiger partial charge in [-0.25, -0.2) is 4.79 Å². The van der Waals surface area contributed by atoms with Gasteiger partial charge in [0, 0.05) is 29.2 Å². The van der Waals surface area contributed by atoms with E-state index in [4.69, 9.17) is 14.0 Å². The minimum atomic E-state index is -0.573. The highest BCUT2D eigenvalue weighted by Crippen LogP contribution is 2.38. The molecule has 11 heteroatoms. The molecule has 0 saturated heterocycles. The zero-order valence-electron chi connectivity index (χ0n) is 18.9. The highest BCUT2D eigenvalue weighted by atomic mass is 32.2. The van der Waals surface area contributed by atoms with E-state index in [0.29, 0.717) is 27.8 Å². The van der Waals surface area contributed by atoms with Gasteiger partial charge in [-0.05, 0) is 48.1 Å². The average molecular weight is 504 g/mol. The number of ether oxygens (including phenoxy) is 2. The van der Waals surface area contributed by atoms with Crippen LogP contribution < -0.4 is 19.8 Å². The number of thioether (sulfide) groups is 1. The summed E-state index contributed by atoms with van der Waals surface area (Å²) in [5.74, 6) is -0.231. The van der Waals surface area contributed by atoms with Gasteiger partial charge in [0.25, 0.3) is 5.03 Å². The molecule has 0 aliphatic heterocycles. The van der Waals surface area contributed by atoms with Crippen LogP contribution >= 0.6 is 23.1 Å². The van der Waals surface area contributed by atoms with Gasteiger partial charge in [0.1, 0.15) is 10.8 Å². The van der Waals surface area contributed by atoms with Crippen molar-refractivity contribution in [1.82, 2.24) is 5.27 Å². The van der Waals surface area contributed by atoms with Gasteiger partial charge in [0.15, 0.2) is 5.95 Å². The molecule has 9 nitrogen and oxygen atoms in total. The molecule has 3 aromatic rings. The van der Waals surface area contributed by atoms with Crippen LogP contribution in [-0.4, -0.2) is 37.1 Å². The highest BCUT2D eigenvalue weighted by molar-refractivity contribution is 7.99. The first-order chi connectivity index (χ1) is 16.5. The zero-order chi connectivity index (χ0) is 24.1. The maximum atomic E-state index is 12.7. The van der Waals surface area contributed by atoms with E-state index in [9.17, 15) is 14.7 Å². The van der Waals surface area contributed by atoms with Crippen molar-refractivity contribution in [2.75, 3.05) is 25.3 Å². The minimum Gasteiger partial charge on any atom is -0.538 e. The van der Waals surface area contributed by atoms with Gasteiger partial charge >= 0.3 is 5.97 Å². The summed E-state index contributed by atoms with van der Waals surface area (Å²) in [5, 5.41) is 19.7. The molecule has 4 rings (SSSR count). The summed E-state index contributed by atoms with van der Waals surface area (Å²) in [6.45, 7) is 0. The number of fused-ring (bicyclic) bond motifs is 1. The second-order valence-electron chi connectivity index (χ2n) is 7.68. The van der Waals surface area contributed by atoms with Crippen molar-refractivity contribution in [3.63, 3.8) is 0 Å². The van der Waals surface area contributed by atoms with Crippen LogP contribution in [0.3, 0.4) is 0 Å². The lowest BCUT2D eigenvalue weighted by molar-refractivity contribution is -0.705. The largest absolute Gasteiger partial charge is 0.538 e. The number of methoxy groups -OCH3 is 2. The molecule has 1 aromatic carbocycles. The number of aryl methyl sites for hydroxylation is 1. The molecule has 0 saturated carbocycles. The first kappa shape index (κ1) is 24.1. The minimum absolute atomic E-state index is 0.140. The third-order valence-electron chi connectivity index (χ3n) is 5.52. The average Bonchev–Trinajstić information content (AvgIpc) is 3.29. The Morgan fingerprint density at radius 2 is 1.97 bits per heavy atom. The van der Waals surface area contributed by atoms with E-state index in [2.05, 4.69) is 10.6 Å². The van der Waals surface area contributed by atoms with Gasteiger partial charge < -0.3 is 24.4 Å². The fraction of sp³-hybridized carbons (Fsp3) is 0.391. The normalized spacial score (nSPS) is 13.1. The predicted octanol–water partition coefficient (Wildman–Crippen LogP) is 3.27. The standard InChI is InChI=1S/C23H25N3O6S2/c1-30-15-10-8-14(9-11-15)26-21(23(29)32-25-26)33-13-12-18(27)24-20-19(22(28)31-2)16-6-4-3-5-7-17(16)34-20/h8-11H,3-7,12-13H2,1-2H3,(H-,24,25,27,28,29). The summed E-state index contributed by atoms with van der Waals surface area (Å²) in [7, 11) is 2.92. The lowest BCUT2D eigenvalue weighted by Crippen LogP contribution is -2.34. The zero-order valence-corrected chi connectivity index (χ0v) is 20.6. The Hall–Kier alpha value is -3.05. The fourth-order valence-electron chi connectivity index (χ4n) is 3.83. The Morgan fingerprint density at radius 1 is 1.21 bits per heavy atom. The lowest BCUT2D eigenvalue weighted by atomic mass is 10.1. The Bertz CT molecular complexity index is 1170. The van der Waals surface area contributed by atoms with Crippen molar-refractivity contribution in [2.45, 2.75) is 43.6 Å². The highest BCUT2D eigenvalue weighted by Gasteiger charge is 2.27. The number of thiophene rings is 1. The molecule has 0 bridgehead atoms. The first-order valence-electron chi connectivity index (χ1n) is 10.9. The molecule has 0 fully saturated rings. The van der Waals surface area contributed by atoms with Crippen molar-refractivity contribution in [2.24, 2.45) is 0 Å². The summed E-state index contributed by atoms with van der Waals surface area (Å²) in [6.07, 6.45) is 5.07. The Balaban J connectivity index is 1.42. The number of carbonyl (C=O) groups is 2. The number of benzene rings is 1. The van der Waals surface area contributed by atoms with Gasteiger partial charge in [-0.15, -0.1) is 11.3 Å². The Morgan fingerprint density at radius 3 is 2.71 bits per heavy atom. The van der Waals surface area contributed by atoms with Crippen LogP contribution in [0.4, 0.5) is 5.00 Å². The molecule has 1 aliphatic carbocycles. The molecule has 2 heterocycles. The van der Waals surface area contributed by atoms with Crippen LogP contribution in [0.1, 0.15) is 46.5 Å². The summed E-state index contributed by atoms with van der Waals surface area (Å²) >= 11 is 2.64. The number of anilines is 1. The molecule has 0 radical (unpaired) electrons. The van der Waals surface area contributed by atoms with E-state index in [-0.39, 0.29) is 17.4 Å². The molecule has 1 N–H and O–H groups in total. The molecule has 1 aliphatic rings. The molecule has 180 valence electrons. The smallest absolute Gasteiger partial charge is 0.341 e. The summed E-state index contributed by atoms with van der Waals surface area (Å²) in [4.78, 5) is 26.3. The number of hydrogen-bond donors (Lipinski definition) is 1. The quantitative estimate of drug-likeness (QED) is 0.215. The van der Waals surface area contributed by atoms with Crippen LogP contribution in [-0.2, 0) is 22.4 Å². The lowest BCUT2D eigenvalue weighted by Gasteiger charge is -2.07. The van der Waals surface area contributed by atoms with Crippen molar-refractivity contribution >= 4 is 40.0 Å². The second kappa shape index (κ2) is 10.9. The van der Waals surface area contributed by atoms with Crippen LogP contribution in [0.15, 0.2) is 33.8 Å². The molecular weight excluding hydrogens is 478 g/mol. The Kier molecular flexibility index (Phi) is 7.73. The maximum absolute atomic E-state index is 12.7. The molecule has 0 unspecified atom stereocenters. The number of nitrogens with one attached hydrogen (secondary N) is 1. The SMILES string of the molecule is COC(=O)c1c(NC(=O)CCSc2c([O-])on[n+]2-c2ccc(OC)cc2)sc2c1CCCCC2. The van der Waals surface area contributed by atoms with Gasteiger partial charge in [0.05, 0.1) is 25.1 Å². The number of aromatic nitrogens is 2. The van der Waals surface area contributed by atoms with E-state index < -0.39 is 11.9 Å². The molecule has 0 atom stereocenters. The fourth-order valence-corrected chi connectivity index (χ4v) is 6.02. The van der Waals surface area contributed by atoms with Crippen LogP contribution in [0.5, 0.6) is 11.7 Å². The van der Waals surface area contributed by atoms with E-state index in [1.54, 1.807) is 31.4 Å². The van der Waals surface area contributed by atoms with Gasteiger partial charge in [-0.2, -0.15) is 0 Å². The molecule has 0 spiro atoms. The van der Waals surface area contributed by atoms with Crippen molar-refractivity contribution in [1.29, 1.82) is 0 Å². The third-order valence-corrected chi connectivity index (χ3v) is 7.75. The number of hydrogen-bond acceptors (Lipinski definition) is 9. The number of rotatable bonds is 8. The van der Waals surface area contributed by atoms with Crippen LogP contribution in [0.25, 0.3) is 5.69 Å². The van der Waals surface area contributed by atoms with Gasteiger partial charge in [-0.3, -0.25) is 4.79 Å². The third kappa shape index (κ3) is 5.20. The number of esters is 1. The van der Waals surface area contributed by atoms with E-state index in [1.165, 1.54) is 34.9 Å². The second-order valence-corrected chi connectivity index (χ2v) is 9.87. The van der Waals surface area contributed by atoms with Crippen LogP contribution in [0.2, 0.25) is 0 Å². The van der Waals surface area contributed by atoms with E-state index >= 15 is 0 Å². The number of nitrogens with zero attached hydrogens (tertiary/aromatic N) is 2. The molecule has 34 heavy (non-hydrogen) atoms. The molecular formula is C23H25N3O6S2.